The molecule has 1 unspecified atom stereocenters. The summed E-state index contributed by atoms with van der Waals surface area (Å²) in [6.45, 7) is 1.50. The molecule has 0 heterocycles. The Morgan fingerprint density at radius 3 is 2.00 bits per heavy atom. The van der Waals surface area contributed by atoms with Crippen LogP contribution in [0.15, 0.2) is 90.3 Å². The second-order valence-corrected chi connectivity index (χ2v) is 8.13. The minimum atomic E-state index is -3.75. The van der Waals surface area contributed by atoms with Crippen molar-refractivity contribution in [2.24, 2.45) is 0 Å². The normalized spacial score (nSPS) is 12.6. The summed E-state index contributed by atoms with van der Waals surface area (Å²) in [5.41, 5.74) is 3.47. The first-order valence-electron chi connectivity index (χ1n) is 9.15. The third kappa shape index (κ3) is 6.14. The molecule has 0 aliphatic heterocycles. The molecule has 148 valence electrons. The number of hydrogen-bond donors (Lipinski definition) is 2. The van der Waals surface area contributed by atoms with Crippen molar-refractivity contribution < 1.29 is 13.2 Å². The Hall–Kier alpha value is -3.22. The Morgan fingerprint density at radius 1 is 0.828 bits per heavy atom. The highest BCUT2D eigenvalue weighted by Crippen LogP contribution is 2.21. The van der Waals surface area contributed by atoms with E-state index < -0.39 is 22.0 Å². The van der Waals surface area contributed by atoms with E-state index in [2.05, 4.69) is 10.0 Å². The van der Waals surface area contributed by atoms with Gasteiger partial charge in [0.05, 0.1) is 6.04 Å². The van der Waals surface area contributed by atoms with Crippen LogP contribution in [0.5, 0.6) is 0 Å². The minimum absolute atomic E-state index is 0.436. The van der Waals surface area contributed by atoms with E-state index in [9.17, 15) is 13.2 Å². The van der Waals surface area contributed by atoms with Crippen LogP contribution < -0.4 is 10.0 Å². The van der Waals surface area contributed by atoms with Crippen LogP contribution in [0.1, 0.15) is 12.5 Å². The maximum absolute atomic E-state index is 12.4. The third-order valence-corrected chi connectivity index (χ3v) is 5.41. The van der Waals surface area contributed by atoms with Gasteiger partial charge >= 0.3 is 0 Å². The number of amides is 1. The molecular weight excluding hydrogens is 384 g/mol. The van der Waals surface area contributed by atoms with Gasteiger partial charge in [-0.3, -0.25) is 4.79 Å². The summed E-state index contributed by atoms with van der Waals surface area (Å²) >= 11 is 0. The van der Waals surface area contributed by atoms with Crippen molar-refractivity contribution >= 4 is 27.7 Å². The Morgan fingerprint density at radius 2 is 1.38 bits per heavy atom. The molecule has 6 heteroatoms. The van der Waals surface area contributed by atoms with Crippen molar-refractivity contribution in [1.82, 2.24) is 4.72 Å². The van der Waals surface area contributed by atoms with Crippen LogP contribution in [0.4, 0.5) is 5.69 Å². The third-order valence-electron chi connectivity index (χ3n) is 4.23. The van der Waals surface area contributed by atoms with Gasteiger partial charge in [0.15, 0.2) is 0 Å². The van der Waals surface area contributed by atoms with Gasteiger partial charge < -0.3 is 5.32 Å². The molecule has 29 heavy (non-hydrogen) atoms. The van der Waals surface area contributed by atoms with E-state index in [1.807, 2.05) is 60.7 Å². The van der Waals surface area contributed by atoms with Crippen LogP contribution >= 0.6 is 0 Å². The molecule has 0 saturated carbocycles. The van der Waals surface area contributed by atoms with Crippen LogP contribution in [0, 0.1) is 0 Å². The second kappa shape index (κ2) is 9.32. The first kappa shape index (κ1) is 20.5. The Labute approximate surface area is 171 Å². The van der Waals surface area contributed by atoms with Gasteiger partial charge in [-0.15, -0.1) is 0 Å². The average molecular weight is 407 g/mol. The number of benzene rings is 3. The average Bonchev–Trinajstić information content (AvgIpc) is 2.74. The van der Waals surface area contributed by atoms with Crippen molar-refractivity contribution in [2.45, 2.75) is 13.0 Å². The molecule has 0 saturated heterocycles. The van der Waals surface area contributed by atoms with Crippen LogP contribution in [0.25, 0.3) is 17.2 Å². The summed E-state index contributed by atoms with van der Waals surface area (Å²) in [6, 6.07) is 25.4. The maximum atomic E-state index is 12.4. The quantitative estimate of drug-likeness (QED) is 0.615. The number of hydrogen-bond acceptors (Lipinski definition) is 3. The zero-order valence-electron chi connectivity index (χ0n) is 15.9. The first-order chi connectivity index (χ1) is 13.9. The summed E-state index contributed by atoms with van der Waals surface area (Å²) in [7, 11) is -3.75. The molecule has 0 aliphatic carbocycles. The highest BCUT2D eigenvalue weighted by atomic mass is 32.2. The van der Waals surface area contributed by atoms with Crippen LogP contribution in [0.3, 0.4) is 0 Å². The Kier molecular flexibility index (Phi) is 6.59. The number of carbonyl (C=O) groups excluding carboxylic acids is 1. The predicted molar refractivity (Wildman–Crippen MR) is 118 cm³/mol. The van der Waals surface area contributed by atoms with Gasteiger partial charge in [0.25, 0.3) is 0 Å². The molecule has 0 aromatic heterocycles. The summed E-state index contributed by atoms with van der Waals surface area (Å²) in [5.74, 6) is -0.436. The largest absolute Gasteiger partial charge is 0.325 e. The zero-order valence-corrected chi connectivity index (χ0v) is 16.8. The highest BCUT2D eigenvalue weighted by molar-refractivity contribution is 7.92. The van der Waals surface area contributed by atoms with Crippen molar-refractivity contribution in [2.75, 3.05) is 5.32 Å². The molecule has 3 aromatic carbocycles. The lowest BCUT2D eigenvalue weighted by atomic mass is 10.1. The van der Waals surface area contributed by atoms with Crippen LogP contribution in [-0.2, 0) is 14.8 Å². The molecule has 2 N–H and O–H groups in total. The number of nitrogens with one attached hydrogen (secondary N) is 2. The molecule has 0 spiro atoms. The summed E-state index contributed by atoms with van der Waals surface area (Å²) < 4.78 is 26.7. The molecule has 3 aromatic rings. The van der Waals surface area contributed by atoms with Crippen molar-refractivity contribution in [3.05, 3.63) is 95.9 Å². The minimum Gasteiger partial charge on any atom is -0.325 e. The molecule has 1 amide bonds. The fourth-order valence-electron chi connectivity index (χ4n) is 2.70. The van der Waals surface area contributed by atoms with Crippen molar-refractivity contribution in [3.8, 4) is 11.1 Å². The lowest BCUT2D eigenvalue weighted by molar-refractivity contribution is -0.117. The molecule has 0 aliphatic rings. The van der Waals surface area contributed by atoms with Gasteiger partial charge in [0.1, 0.15) is 0 Å². The van der Waals surface area contributed by atoms with E-state index in [0.29, 0.717) is 5.69 Å². The fourth-order valence-corrected chi connectivity index (χ4v) is 3.71. The maximum Gasteiger partial charge on any atom is 0.242 e. The first-order valence-corrected chi connectivity index (χ1v) is 10.7. The van der Waals surface area contributed by atoms with Gasteiger partial charge in [-0.2, -0.15) is 4.72 Å². The van der Waals surface area contributed by atoms with E-state index in [1.54, 1.807) is 24.3 Å². The summed E-state index contributed by atoms with van der Waals surface area (Å²) in [6.07, 6.45) is 1.48. The van der Waals surface area contributed by atoms with E-state index in [0.717, 1.165) is 22.1 Å². The van der Waals surface area contributed by atoms with Crippen LogP contribution in [-0.4, -0.2) is 20.4 Å². The zero-order chi connectivity index (χ0) is 20.7. The smallest absolute Gasteiger partial charge is 0.242 e. The monoisotopic (exact) mass is 406 g/mol. The summed E-state index contributed by atoms with van der Waals surface area (Å²) in [5, 5.41) is 3.78. The number of sulfonamides is 1. The molecule has 0 radical (unpaired) electrons. The Balaban J connectivity index is 1.59. The summed E-state index contributed by atoms with van der Waals surface area (Å²) in [4.78, 5) is 12.4. The fraction of sp³-hybridized carbons (Fsp3) is 0.0870. The van der Waals surface area contributed by atoms with E-state index in [-0.39, 0.29) is 0 Å². The molecule has 1 atom stereocenters. The second-order valence-electron chi connectivity index (χ2n) is 6.53. The van der Waals surface area contributed by atoms with Gasteiger partial charge in [-0.25, -0.2) is 8.42 Å². The SMILES string of the molecule is CC(NS(=O)(=O)C=Cc1ccccc1)C(=O)Nc1ccc(-c2ccccc2)cc1. The Bertz CT molecular complexity index is 1080. The molecule has 0 fully saturated rings. The number of carbonyl (C=O) groups is 1. The van der Waals surface area contributed by atoms with E-state index >= 15 is 0 Å². The van der Waals surface area contributed by atoms with Crippen molar-refractivity contribution in [3.63, 3.8) is 0 Å². The van der Waals surface area contributed by atoms with E-state index in [1.165, 1.54) is 13.0 Å². The molecule has 5 nitrogen and oxygen atoms in total. The van der Waals surface area contributed by atoms with Crippen LogP contribution in [0.2, 0.25) is 0 Å². The van der Waals surface area contributed by atoms with Gasteiger partial charge in [-0.05, 0) is 41.8 Å². The molecular formula is C23H22N2O3S. The lowest BCUT2D eigenvalue weighted by Gasteiger charge is -2.13. The topological polar surface area (TPSA) is 75.3 Å². The van der Waals surface area contributed by atoms with Gasteiger partial charge in [-0.1, -0.05) is 72.8 Å². The highest BCUT2D eigenvalue weighted by Gasteiger charge is 2.18. The van der Waals surface area contributed by atoms with Crippen molar-refractivity contribution in [1.29, 1.82) is 0 Å². The molecule has 0 bridgehead atoms. The number of rotatable bonds is 7. The predicted octanol–water partition coefficient (Wildman–Crippen LogP) is 4.27. The van der Waals surface area contributed by atoms with Gasteiger partial charge in [0.2, 0.25) is 15.9 Å². The van der Waals surface area contributed by atoms with Gasteiger partial charge in [0, 0.05) is 11.1 Å². The van der Waals surface area contributed by atoms with E-state index in [4.69, 9.17) is 0 Å². The standard InChI is InChI=1S/C23H22N2O3S/c1-18(25-29(27,28)17-16-19-8-4-2-5-9-19)23(26)24-22-14-12-21(13-15-22)20-10-6-3-7-11-20/h2-18,25H,1H3,(H,24,26). The lowest BCUT2D eigenvalue weighted by Crippen LogP contribution is -2.40. The molecule has 3 rings (SSSR count). The number of anilines is 1.